The largest absolute Gasteiger partial charge is 0.247 e. The fourth-order valence-electron chi connectivity index (χ4n) is 2.09. The molecule has 1 heterocycles. The minimum absolute atomic E-state index is 0.676. The fourth-order valence-corrected chi connectivity index (χ4v) is 2.99. The van der Waals surface area contributed by atoms with Crippen molar-refractivity contribution in [3.63, 3.8) is 0 Å². The molecule has 0 unspecified atom stereocenters. The van der Waals surface area contributed by atoms with E-state index in [4.69, 9.17) is 5.26 Å². The van der Waals surface area contributed by atoms with Gasteiger partial charge in [-0.15, -0.1) is 11.8 Å². The molecule has 0 N–H and O–H groups in total. The van der Waals surface area contributed by atoms with Gasteiger partial charge in [0.1, 0.15) is 0 Å². The van der Waals surface area contributed by atoms with Crippen molar-refractivity contribution >= 4 is 11.8 Å². The Morgan fingerprint density at radius 3 is 2.37 bits per heavy atom. The summed E-state index contributed by atoms with van der Waals surface area (Å²) in [6.45, 7) is 6.14. The molecule has 0 fully saturated rings. The highest BCUT2D eigenvalue weighted by atomic mass is 32.2. The van der Waals surface area contributed by atoms with E-state index in [1.807, 2.05) is 13.0 Å². The van der Waals surface area contributed by atoms with Crippen LogP contribution in [0.25, 0.3) is 0 Å². The third kappa shape index (κ3) is 3.84. The number of aromatic nitrogens is 1. The first-order valence-electron chi connectivity index (χ1n) is 6.15. The van der Waals surface area contributed by atoms with Gasteiger partial charge in [-0.2, -0.15) is 5.26 Å². The first-order valence-corrected chi connectivity index (χ1v) is 7.14. The van der Waals surface area contributed by atoms with Crippen molar-refractivity contribution in [1.29, 1.82) is 5.26 Å². The average Bonchev–Trinajstić information content (AvgIpc) is 2.34. The van der Waals surface area contributed by atoms with Gasteiger partial charge in [0.2, 0.25) is 0 Å². The molecule has 0 aliphatic rings. The predicted octanol–water partition coefficient (Wildman–Crippen LogP) is 4.17. The predicted molar refractivity (Wildman–Crippen MR) is 79.2 cm³/mol. The van der Waals surface area contributed by atoms with Crippen LogP contribution in [0.3, 0.4) is 0 Å². The van der Waals surface area contributed by atoms with Crippen LogP contribution in [0.4, 0.5) is 0 Å². The van der Waals surface area contributed by atoms with E-state index < -0.39 is 0 Å². The molecule has 96 valence electrons. The van der Waals surface area contributed by atoms with E-state index in [-0.39, 0.29) is 0 Å². The second kappa shape index (κ2) is 5.90. The maximum atomic E-state index is 8.96. The first kappa shape index (κ1) is 13.6. The van der Waals surface area contributed by atoms with Crippen LogP contribution in [-0.4, -0.2) is 4.98 Å². The van der Waals surface area contributed by atoms with Crippen molar-refractivity contribution in [1.82, 2.24) is 4.98 Å². The molecular weight excluding hydrogens is 252 g/mol. The highest BCUT2D eigenvalue weighted by Crippen LogP contribution is 2.23. The number of hydrogen-bond donors (Lipinski definition) is 0. The molecule has 0 aliphatic heterocycles. The first-order chi connectivity index (χ1) is 9.06. The summed E-state index contributed by atoms with van der Waals surface area (Å²) in [5, 5.41) is 9.87. The summed E-state index contributed by atoms with van der Waals surface area (Å²) in [5.74, 6) is 0.879. The van der Waals surface area contributed by atoms with Gasteiger partial charge in [-0.1, -0.05) is 29.3 Å². The van der Waals surface area contributed by atoms with Gasteiger partial charge in [0.05, 0.1) is 16.7 Å². The van der Waals surface area contributed by atoms with Gasteiger partial charge in [0.15, 0.2) is 0 Å². The Morgan fingerprint density at radius 1 is 1.05 bits per heavy atom. The van der Waals surface area contributed by atoms with Crippen LogP contribution in [0, 0.1) is 32.1 Å². The third-order valence-corrected chi connectivity index (χ3v) is 3.71. The van der Waals surface area contributed by atoms with Crippen molar-refractivity contribution in [2.45, 2.75) is 31.6 Å². The molecule has 1 aromatic heterocycles. The Kier molecular flexibility index (Phi) is 4.24. The van der Waals surface area contributed by atoms with Gasteiger partial charge in [0, 0.05) is 11.4 Å². The Balaban J connectivity index is 2.14. The zero-order valence-corrected chi connectivity index (χ0v) is 12.2. The summed E-state index contributed by atoms with van der Waals surface area (Å²) in [4.78, 5) is 4.45. The molecule has 0 amide bonds. The number of nitriles is 1. The number of thioether (sulfide) groups is 1. The van der Waals surface area contributed by atoms with Crippen LogP contribution >= 0.6 is 11.8 Å². The Morgan fingerprint density at radius 2 is 1.74 bits per heavy atom. The monoisotopic (exact) mass is 268 g/mol. The molecule has 2 aromatic rings. The summed E-state index contributed by atoms with van der Waals surface area (Å²) in [6, 6.07) is 12.4. The highest BCUT2D eigenvalue weighted by Gasteiger charge is 2.02. The van der Waals surface area contributed by atoms with Crippen LogP contribution in [0.1, 0.15) is 27.9 Å². The summed E-state index contributed by atoms with van der Waals surface area (Å²) in [6.07, 6.45) is 0. The average molecular weight is 268 g/mol. The SMILES string of the molecule is Cc1cc(C)cc(CSc2cc(C#N)cc(C)n2)c1. The van der Waals surface area contributed by atoms with Crippen molar-refractivity contribution in [2.24, 2.45) is 0 Å². The van der Waals surface area contributed by atoms with E-state index in [2.05, 4.69) is 43.1 Å². The number of rotatable bonds is 3. The van der Waals surface area contributed by atoms with E-state index in [9.17, 15) is 0 Å². The summed E-state index contributed by atoms with van der Waals surface area (Å²) >= 11 is 1.67. The number of benzene rings is 1. The number of pyridine rings is 1. The molecule has 0 aliphatic carbocycles. The minimum Gasteiger partial charge on any atom is -0.247 e. The number of aryl methyl sites for hydroxylation is 3. The molecule has 1 aromatic carbocycles. The van der Waals surface area contributed by atoms with E-state index in [0.29, 0.717) is 5.56 Å². The lowest BCUT2D eigenvalue weighted by Crippen LogP contribution is -1.90. The highest BCUT2D eigenvalue weighted by molar-refractivity contribution is 7.98. The van der Waals surface area contributed by atoms with E-state index >= 15 is 0 Å². The Hall–Kier alpha value is -1.79. The Labute approximate surface area is 118 Å². The normalized spacial score (nSPS) is 10.2. The lowest BCUT2D eigenvalue weighted by atomic mass is 10.1. The third-order valence-electron chi connectivity index (χ3n) is 2.73. The molecule has 0 radical (unpaired) electrons. The van der Waals surface area contributed by atoms with Crippen molar-refractivity contribution in [2.75, 3.05) is 0 Å². The van der Waals surface area contributed by atoms with Gasteiger partial charge in [-0.25, -0.2) is 4.98 Å². The minimum atomic E-state index is 0.676. The van der Waals surface area contributed by atoms with E-state index in [1.54, 1.807) is 17.8 Å². The second-order valence-electron chi connectivity index (χ2n) is 4.73. The second-order valence-corrected chi connectivity index (χ2v) is 5.73. The van der Waals surface area contributed by atoms with Gasteiger partial charge in [-0.3, -0.25) is 0 Å². The maximum absolute atomic E-state index is 8.96. The smallest absolute Gasteiger partial charge is 0.0993 e. The van der Waals surface area contributed by atoms with Crippen LogP contribution < -0.4 is 0 Å². The molecule has 19 heavy (non-hydrogen) atoms. The molecule has 2 nitrogen and oxygen atoms in total. The van der Waals surface area contributed by atoms with Gasteiger partial charge >= 0.3 is 0 Å². The molecule has 2 rings (SSSR count). The summed E-state index contributed by atoms with van der Waals surface area (Å²) in [7, 11) is 0. The Bertz CT molecular complexity index is 621. The lowest BCUT2D eigenvalue weighted by Gasteiger charge is -2.05. The molecular formula is C16H16N2S. The molecule has 0 spiro atoms. The maximum Gasteiger partial charge on any atom is 0.0993 e. The molecule has 0 saturated heterocycles. The van der Waals surface area contributed by atoms with E-state index in [1.165, 1.54) is 16.7 Å². The van der Waals surface area contributed by atoms with Gasteiger partial charge < -0.3 is 0 Å². The molecule has 0 bridgehead atoms. The van der Waals surface area contributed by atoms with Crippen LogP contribution in [0.5, 0.6) is 0 Å². The number of hydrogen-bond acceptors (Lipinski definition) is 3. The molecule has 0 atom stereocenters. The van der Waals surface area contributed by atoms with Gasteiger partial charge in [0.25, 0.3) is 0 Å². The van der Waals surface area contributed by atoms with Gasteiger partial charge in [-0.05, 0) is 38.5 Å². The van der Waals surface area contributed by atoms with Crippen molar-refractivity contribution < 1.29 is 0 Å². The number of nitrogens with zero attached hydrogens (tertiary/aromatic N) is 2. The molecule has 0 saturated carbocycles. The molecule has 3 heteroatoms. The quantitative estimate of drug-likeness (QED) is 0.784. The van der Waals surface area contributed by atoms with Crippen molar-refractivity contribution in [3.8, 4) is 6.07 Å². The zero-order valence-electron chi connectivity index (χ0n) is 11.4. The van der Waals surface area contributed by atoms with Crippen LogP contribution in [-0.2, 0) is 5.75 Å². The lowest BCUT2D eigenvalue weighted by molar-refractivity contribution is 1.06. The van der Waals surface area contributed by atoms with Crippen molar-refractivity contribution in [3.05, 3.63) is 58.3 Å². The standard InChI is InChI=1S/C16H16N2S/c1-11-4-12(2)6-15(5-11)10-19-16-8-14(9-17)7-13(3)18-16/h4-8H,10H2,1-3H3. The zero-order chi connectivity index (χ0) is 13.8. The summed E-state index contributed by atoms with van der Waals surface area (Å²) in [5.41, 5.74) is 5.43. The van der Waals surface area contributed by atoms with Crippen LogP contribution in [0.2, 0.25) is 0 Å². The topological polar surface area (TPSA) is 36.7 Å². The van der Waals surface area contributed by atoms with E-state index in [0.717, 1.165) is 16.5 Å². The van der Waals surface area contributed by atoms with Crippen LogP contribution in [0.15, 0.2) is 35.4 Å². The fraction of sp³-hybridized carbons (Fsp3) is 0.250. The summed E-state index contributed by atoms with van der Waals surface area (Å²) < 4.78 is 0.